The number of aromatic carboxylic acids is 1. The second-order valence-corrected chi connectivity index (χ2v) is 3.90. The predicted octanol–water partition coefficient (Wildman–Crippen LogP) is -1.18. The zero-order valence-corrected chi connectivity index (χ0v) is 9.88. The van der Waals surface area contributed by atoms with Crippen LogP contribution in [0.5, 0.6) is 17.2 Å². The molecule has 1 heterocycles. The van der Waals surface area contributed by atoms with Crippen molar-refractivity contribution in [1.82, 2.24) is 0 Å². The molecule has 1 aliphatic rings. The number of hydrogen-bond acceptors (Lipinski definition) is 7. The molecular weight excluding hydrogens is 262 g/mol. The minimum atomic E-state index is -3.42. The van der Waals surface area contributed by atoms with Gasteiger partial charge in [-0.1, -0.05) is 0 Å². The van der Waals surface area contributed by atoms with Gasteiger partial charge in [0.2, 0.25) is 0 Å². The lowest BCUT2D eigenvalue weighted by molar-refractivity contribution is -0.255. The zero-order valence-electron chi connectivity index (χ0n) is 9.88. The van der Waals surface area contributed by atoms with Gasteiger partial charge in [-0.05, 0) is 6.92 Å². The fourth-order valence-electron chi connectivity index (χ4n) is 1.70. The molecule has 2 rings (SSSR count). The van der Waals surface area contributed by atoms with Gasteiger partial charge in [0.1, 0.15) is 11.6 Å². The zero-order chi connectivity index (χ0) is 14.2. The highest BCUT2D eigenvalue weighted by Gasteiger charge is 2.35. The van der Waals surface area contributed by atoms with E-state index in [-0.39, 0.29) is 18.1 Å². The summed E-state index contributed by atoms with van der Waals surface area (Å²) in [5.41, 5.74) is -0.951. The average molecular weight is 272 g/mol. The highest BCUT2D eigenvalue weighted by atomic mass is 19.1. The van der Waals surface area contributed by atoms with Crippen LogP contribution in [0.3, 0.4) is 0 Å². The van der Waals surface area contributed by atoms with Crippen LogP contribution in [0.4, 0.5) is 4.39 Å². The number of hydrogen-bond donors (Lipinski definition) is 2. The van der Waals surface area contributed by atoms with Crippen molar-refractivity contribution in [3.8, 4) is 17.2 Å². The molecule has 0 unspecified atom stereocenters. The SMILES string of the molecule is CCOc1cc(F)c(C(=O)[O-])c2c1OC[B-](O)(O)O2. The van der Waals surface area contributed by atoms with E-state index in [1.807, 2.05) is 0 Å². The van der Waals surface area contributed by atoms with Crippen LogP contribution in [0.2, 0.25) is 0 Å². The third-order valence-electron chi connectivity index (χ3n) is 2.41. The molecule has 7 nitrogen and oxygen atoms in total. The summed E-state index contributed by atoms with van der Waals surface area (Å²) >= 11 is 0. The summed E-state index contributed by atoms with van der Waals surface area (Å²) < 4.78 is 28.4. The van der Waals surface area contributed by atoms with Gasteiger partial charge in [-0.3, -0.25) is 0 Å². The van der Waals surface area contributed by atoms with E-state index in [4.69, 9.17) is 9.47 Å². The Morgan fingerprint density at radius 1 is 1.58 bits per heavy atom. The van der Waals surface area contributed by atoms with Crippen molar-refractivity contribution in [3.63, 3.8) is 0 Å². The number of ether oxygens (including phenoxy) is 2. The second kappa shape index (κ2) is 4.59. The maximum atomic E-state index is 13.7. The van der Waals surface area contributed by atoms with E-state index < -0.39 is 36.4 Å². The molecule has 0 saturated heterocycles. The highest BCUT2D eigenvalue weighted by molar-refractivity contribution is 6.58. The van der Waals surface area contributed by atoms with Crippen molar-refractivity contribution in [1.29, 1.82) is 0 Å². The van der Waals surface area contributed by atoms with Gasteiger partial charge >= 0.3 is 6.75 Å². The van der Waals surface area contributed by atoms with E-state index in [1.165, 1.54) is 0 Å². The summed E-state index contributed by atoms with van der Waals surface area (Å²) in [5.74, 6) is -4.00. The van der Waals surface area contributed by atoms with E-state index in [0.29, 0.717) is 0 Å². The van der Waals surface area contributed by atoms with Crippen LogP contribution in [-0.4, -0.2) is 35.9 Å². The molecular formula is C10H10BFO7-2. The maximum Gasteiger partial charge on any atom is 0.467 e. The molecule has 2 N–H and O–H groups in total. The van der Waals surface area contributed by atoms with E-state index >= 15 is 0 Å². The average Bonchev–Trinajstić information content (AvgIpc) is 2.26. The van der Waals surface area contributed by atoms with Gasteiger partial charge < -0.3 is 34.1 Å². The molecule has 0 atom stereocenters. The molecule has 19 heavy (non-hydrogen) atoms. The van der Waals surface area contributed by atoms with E-state index in [9.17, 15) is 24.3 Å². The van der Waals surface area contributed by atoms with Crippen LogP contribution >= 0.6 is 0 Å². The molecule has 0 saturated carbocycles. The third-order valence-corrected chi connectivity index (χ3v) is 2.41. The molecule has 0 aliphatic carbocycles. The molecule has 0 radical (unpaired) electrons. The summed E-state index contributed by atoms with van der Waals surface area (Å²) in [6.45, 7) is -2.23. The quantitative estimate of drug-likeness (QED) is 0.667. The molecule has 0 aromatic heterocycles. The predicted molar refractivity (Wildman–Crippen MR) is 58.2 cm³/mol. The van der Waals surface area contributed by atoms with Crippen LogP contribution in [0, 0.1) is 5.82 Å². The van der Waals surface area contributed by atoms with Crippen molar-refractivity contribution < 1.29 is 38.5 Å². The van der Waals surface area contributed by atoms with Crippen molar-refractivity contribution in [2.24, 2.45) is 0 Å². The minimum Gasteiger partial charge on any atom is -0.665 e. The Hall–Kier alpha value is -2.00. The summed E-state index contributed by atoms with van der Waals surface area (Å²) in [7, 11) is 0. The van der Waals surface area contributed by atoms with Gasteiger partial charge in [0.05, 0.1) is 24.6 Å². The molecule has 9 heteroatoms. The van der Waals surface area contributed by atoms with E-state index in [1.54, 1.807) is 6.92 Å². The number of carbonyl (C=O) groups is 1. The molecule has 0 bridgehead atoms. The molecule has 1 aromatic rings. The highest BCUT2D eigenvalue weighted by Crippen LogP contribution is 2.44. The molecule has 104 valence electrons. The van der Waals surface area contributed by atoms with Crippen molar-refractivity contribution in [2.45, 2.75) is 6.92 Å². The maximum absolute atomic E-state index is 13.7. The summed E-state index contributed by atoms with van der Waals surface area (Å²) in [6.07, 6.45) is 0. The number of fused-ring (bicyclic) bond motifs is 1. The van der Waals surface area contributed by atoms with Gasteiger partial charge in [-0.2, -0.15) is 0 Å². The molecule has 0 spiro atoms. The molecule has 1 aliphatic heterocycles. The number of rotatable bonds is 3. The smallest absolute Gasteiger partial charge is 0.467 e. The fourth-order valence-corrected chi connectivity index (χ4v) is 1.70. The molecule has 0 fully saturated rings. The van der Waals surface area contributed by atoms with Gasteiger partial charge in [-0.15, -0.1) is 0 Å². The van der Waals surface area contributed by atoms with Gasteiger partial charge in [0.25, 0.3) is 0 Å². The van der Waals surface area contributed by atoms with Crippen molar-refractivity contribution >= 4 is 12.7 Å². The lowest BCUT2D eigenvalue weighted by Crippen LogP contribution is -2.52. The Labute approximate surface area is 107 Å². The Morgan fingerprint density at radius 2 is 2.26 bits per heavy atom. The number of carbonyl (C=O) groups excluding carboxylic acids is 1. The standard InChI is InChI=1S/C10H11BFO7/c1-2-17-6-3-5(12)7(10(13)14)9-8(6)18-4-11(15,16)19-9/h3,15-16H,2,4H2,1H3,(H,13,14)/q-1/p-1. The van der Waals surface area contributed by atoms with Crippen LogP contribution in [-0.2, 0) is 0 Å². The van der Waals surface area contributed by atoms with Gasteiger partial charge in [0, 0.05) is 6.07 Å². The monoisotopic (exact) mass is 272 g/mol. The fraction of sp³-hybridized carbons (Fsp3) is 0.300. The number of halogens is 1. The minimum absolute atomic E-state index is 0.0914. The Morgan fingerprint density at radius 3 is 2.84 bits per heavy atom. The first kappa shape index (κ1) is 13.4. The van der Waals surface area contributed by atoms with E-state index in [2.05, 4.69) is 4.65 Å². The summed E-state index contributed by atoms with van der Waals surface area (Å²) in [5, 5.41) is 29.6. The van der Waals surface area contributed by atoms with E-state index in [0.717, 1.165) is 6.07 Å². The lowest BCUT2D eigenvalue weighted by atomic mass is 9.80. The molecule has 1 aromatic carbocycles. The molecule has 0 amide bonds. The van der Waals surface area contributed by atoms with Gasteiger partial charge in [0.15, 0.2) is 11.5 Å². The Bertz CT molecular complexity index is 531. The number of carboxylic acid groups (broad SMARTS) is 1. The Balaban J connectivity index is 2.63. The third kappa shape index (κ3) is 2.42. The first-order chi connectivity index (χ1) is 8.85. The van der Waals surface area contributed by atoms with Crippen LogP contribution in [0.15, 0.2) is 6.07 Å². The first-order valence-electron chi connectivity index (χ1n) is 5.48. The van der Waals surface area contributed by atoms with Gasteiger partial charge in [-0.25, -0.2) is 4.39 Å². The number of carboxylic acids is 1. The summed E-state index contributed by atoms with van der Waals surface area (Å²) in [4.78, 5) is 10.9. The van der Waals surface area contributed by atoms with Crippen molar-refractivity contribution in [2.75, 3.05) is 13.1 Å². The first-order valence-corrected chi connectivity index (χ1v) is 5.48. The topological polar surface area (TPSA) is 108 Å². The largest absolute Gasteiger partial charge is 0.665 e. The Kier molecular flexibility index (Phi) is 3.25. The van der Waals surface area contributed by atoms with Crippen LogP contribution in [0.25, 0.3) is 0 Å². The number of benzene rings is 1. The van der Waals surface area contributed by atoms with Crippen LogP contribution in [0.1, 0.15) is 17.3 Å². The normalized spacial score (nSPS) is 16.0. The van der Waals surface area contributed by atoms with Crippen LogP contribution < -0.4 is 19.2 Å². The lowest BCUT2D eigenvalue weighted by Gasteiger charge is -2.38. The summed E-state index contributed by atoms with van der Waals surface area (Å²) in [6, 6.07) is 0.811. The van der Waals surface area contributed by atoms with Crippen molar-refractivity contribution in [3.05, 3.63) is 17.4 Å². The second-order valence-electron chi connectivity index (χ2n) is 3.90.